The van der Waals surface area contributed by atoms with Gasteiger partial charge in [0.2, 0.25) is 11.8 Å². The average Bonchev–Trinajstić information content (AvgIpc) is 2.67. The third-order valence-electron chi connectivity index (χ3n) is 4.54. The van der Waals surface area contributed by atoms with E-state index in [2.05, 4.69) is 5.32 Å². The second-order valence-electron chi connectivity index (χ2n) is 7.31. The van der Waals surface area contributed by atoms with E-state index in [-0.39, 0.29) is 40.9 Å². The van der Waals surface area contributed by atoms with E-state index in [9.17, 15) is 18.4 Å². The molecule has 0 heterocycles. The minimum Gasteiger partial charge on any atom is -0.354 e. The molecule has 0 unspecified atom stereocenters. The Hall–Kier alpha value is -2.47. The molecule has 0 saturated carbocycles. The van der Waals surface area contributed by atoms with E-state index in [1.165, 1.54) is 29.2 Å². The zero-order valence-corrected chi connectivity index (χ0v) is 17.5. The highest BCUT2D eigenvalue weighted by Crippen LogP contribution is 2.22. The van der Waals surface area contributed by atoms with Gasteiger partial charge in [-0.2, -0.15) is 0 Å². The molecule has 0 spiro atoms. The molecule has 0 saturated heterocycles. The molecule has 1 atom stereocenters. The monoisotopic (exact) mass is 422 g/mol. The maximum atomic E-state index is 14.2. The van der Waals surface area contributed by atoms with Crippen LogP contribution in [0.15, 0.2) is 42.5 Å². The van der Waals surface area contributed by atoms with E-state index in [0.717, 1.165) is 0 Å². The van der Waals surface area contributed by atoms with Gasteiger partial charge >= 0.3 is 0 Å². The van der Waals surface area contributed by atoms with Crippen LogP contribution in [0.1, 0.15) is 31.9 Å². The first-order valence-corrected chi connectivity index (χ1v) is 9.82. The Bertz CT molecular complexity index is 853. The topological polar surface area (TPSA) is 49.4 Å². The van der Waals surface area contributed by atoms with Crippen LogP contribution in [0.5, 0.6) is 0 Å². The molecule has 2 aromatic carbocycles. The molecule has 2 aromatic rings. The zero-order valence-electron chi connectivity index (χ0n) is 16.7. The first-order chi connectivity index (χ1) is 13.7. The number of amides is 2. The van der Waals surface area contributed by atoms with Gasteiger partial charge in [-0.15, -0.1) is 0 Å². The number of carbonyl (C=O) groups excluding carboxylic acids is 2. The van der Waals surface area contributed by atoms with Crippen molar-refractivity contribution in [3.05, 3.63) is 70.2 Å². The van der Waals surface area contributed by atoms with Crippen molar-refractivity contribution in [2.24, 2.45) is 5.92 Å². The van der Waals surface area contributed by atoms with E-state index in [1.807, 2.05) is 13.8 Å². The van der Waals surface area contributed by atoms with Gasteiger partial charge in [0, 0.05) is 29.2 Å². The third-order valence-corrected chi connectivity index (χ3v) is 4.89. The highest BCUT2D eigenvalue weighted by molar-refractivity contribution is 6.31. The summed E-state index contributed by atoms with van der Waals surface area (Å²) in [4.78, 5) is 26.8. The maximum Gasteiger partial charge on any atom is 0.242 e. The molecule has 0 fully saturated rings. The second-order valence-corrected chi connectivity index (χ2v) is 7.71. The smallest absolute Gasteiger partial charge is 0.242 e. The van der Waals surface area contributed by atoms with Gasteiger partial charge in [-0.3, -0.25) is 9.59 Å². The van der Waals surface area contributed by atoms with Gasteiger partial charge in [0.15, 0.2) is 0 Å². The van der Waals surface area contributed by atoms with Gasteiger partial charge in [-0.05, 0) is 31.0 Å². The van der Waals surface area contributed by atoms with Crippen LogP contribution >= 0.6 is 11.6 Å². The van der Waals surface area contributed by atoms with Crippen molar-refractivity contribution < 1.29 is 18.4 Å². The molecule has 0 radical (unpaired) electrons. The molecule has 0 aliphatic carbocycles. The fourth-order valence-corrected chi connectivity index (χ4v) is 3.03. The van der Waals surface area contributed by atoms with Crippen LogP contribution in [0, 0.1) is 17.6 Å². The quantitative estimate of drug-likeness (QED) is 0.687. The van der Waals surface area contributed by atoms with Crippen LogP contribution in [0.25, 0.3) is 0 Å². The molecule has 0 aromatic heterocycles. The number of benzene rings is 2. The lowest BCUT2D eigenvalue weighted by molar-refractivity contribution is -0.140. The summed E-state index contributed by atoms with van der Waals surface area (Å²) in [6, 6.07) is 9.32. The Kier molecular flexibility index (Phi) is 8.14. The first-order valence-electron chi connectivity index (χ1n) is 9.44. The molecule has 156 valence electrons. The van der Waals surface area contributed by atoms with Crippen LogP contribution < -0.4 is 5.32 Å². The molecular formula is C22H25ClF2N2O2. The summed E-state index contributed by atoms with van der Waals surface area (Å²) in [5.41, 5.74) is 0.316. The summed E-state index contributed by atoms with van der Waals surface area (Å²) in [6.45, 7) is 5.80. The van der Waals surface area contributed by atoms with Crippen LogP contribution in [0.2, 0.25) is 5.02 Å². The molecule has 1 N–H and O–H groups in total. The lowest BCUT2D eigenvalue weighted by atomic mass is 10.1. The SMILES string of the molecule is CC(C)CNC(=O)[C@@H](C)N(Cc1ccccc1F)C(=O)Cc1c(F)cccc1Cl. The molecule has 4 nitrogen and oxygen atoms in total. The van der Waals surface area contributed by atoms with Crippen molar-refractivity contribution >= 4 is 23.4 Å². The van der Waals surface area contributed by atoms with E-state index in [1.54, 1.807) is 25.1 Å². The van der Waals surface area contributed by atoms with Crippen molar-refractivity contribution in [2.75, 3.05) is 6.54 Å². The number of nitrogens with zero attached hydrogens (tertiary/aromatic N) is 1. The van der Waals surface area contributed by atoms with Gasteiger partial charge in [0.1, 0.15) is 17.7 Å². The van der Waals surface area contributed by atoms with Crippen molar-refractivity contribution in [3.63, 3.8) is 0 Å². The summed E-state index contributed by atoms with van der Waals surface area (Å²) in [5.74, 6) is -1.73. The normalized spacial score (nSPS) is 12.0. The number of nitrogens with one attached hydrogen (secondary N) is 1. The van der Waals surface area contributed by atoms with Gasteiger partial charge < -0.3 is 10.2 Å². The summed E-state index contributed by atoms with van der Waals surface area (Å²) >= 11 is 6.04. The zero-order chi connectivity index (χ0) is 21.6. The highest BCUT2D eigenvalue weighted by Gasteiger charge is 2.28. The van der Waals surface area contributed by atoms with Crippen LogP contribution in [-0.2, 0) is 22.6 Å². The molecule has 0 aliphatic rings. The molecule has 7 heteroatoms. The van der Waals surface area contributed by atoms with Gasteiger partial charge in [0.25, 0.3) is 0 Å². The highest BCUT2D eigenvalue weighted by atomic mass is 35.5. The number of rotatable bonds is 8. The van der Waals surface area contributed by atoms with Crippen molar-refractivity contribution in [1.82, 2.24) is 10.2 Å². The summed E-state index contributed by atoms with van der Waals surface area (Å²) < 4.78 is 28.3. The van der Waals surface area contributed by atoms with E-state index in [0.29, 0.717) is 6.54 Å². The standard InChI is InChI=1S/C22H25ClF2N2O2/c1-14(2)12-26-22(29)15(3)27(13-16-7-4-5-9-19(16)24)21(28)11-17-18(23)8-6-10-20(17)25/h4-10,14-15H,11-13H2,1-3H3,(H,26,29)/t15-/m1/s1. The lowest BCUT2D eigenvalue weighted by Gasteiger charge is -2.29. The Labute approximate surface area is 174 Å². The summed E-state index contributed by atoms with van der Waals surface area (Å²) in [7, 11) is 0. The van der Waals surface area contributed by atoms with Crippen LogP contribution in [0.3, 0.4) is 0 Å². The predicted octanol–water partition coefficient (Wildman–Crippen LogP) is 4.35. The van der Waals surface area contributed by atoms with E-state index in [4.69, 9.17) is 11.6 Å². The predicted molar refractivity (Wildman–Crippen MR) is 109 cm³/mol. The Morgan fingerprint density at radius 2 is 1.69 bits per heavy atom. The molecule has 29 heavy (non-hydrogen) atoms. The Morgan fingerprint density at radius 3 is 2.31 bits per heavy atom. The van der Waals surface area contributed by atoms with Gasteiger partial charge in [-0.1, -0.05) is 49.7 Å². The molecule has 0 bridgehead atoms. The second kappa shape index (κ2) is 10.3. The van der Waals surface area contributed by atoms with Crippen molar-refractivity contribution in [2.45, 2.75) is 39.8 Å². The fourth-order valence-electron chi connectivity index (χ4n) is 2.80. The van der Waals surface area contributed by atoms with Gasteiger partial charge in [-0.25, -0.2) is 8.78 Å². The van der Waals surface area contributed by atoms with Crippen LogP contribution in [-0.4, -0.2) is 29.3 Å². The first kappa shape index (κ1) is 22.8. The molecule has 2 rings (SSSR count). The molecular weight excluding hydrogens is 398 g/mol. The lowest BCUT2D eigenvalue weighted by Crippen LogP contribution is -2.48. The number of halogens is 3. The molecule has 0 aliphatic heterocycles. The number of carbonyl (C=O) groups is 2. The number of hydrogen-bond acceptors (Lipinski definition) is 2. The van der Waals surface area contributed by atoms with Crippen molar-refractivity contribution in [1.29, 1.82) is 0 Å². The number of hydrogen-bond donors (Lipinski definition) is 1. The molecule has 2 amide bonds. The largest absolute Gasteiger partial charge is 0.354 e. The Morgan fingerprint density at radius 1 is 1.03 bits per heavy atom. The van der Waals surface area contributed by atoms with Crippen molar-refractivity contribution in [3.8, 4) is 0 Å². The van der Waals surface area contributed by atoms with E-state index >= 15 is 0 Å². The maximum absolute atomic E-state index is 14.2. The fraction of sp³-hybridized carbons (Fsp3) is 0.364. The third kappa shape index (κ3) is 6.26. The van der Waals surface area contributed by atoms with Crippen LogP contribution in [0.4, 0.5) is 8.78 Å². The minimum atomic E-state index is -0.869. The summed E-state index contributed by atoms with van der Waals surface area (Å²) in [5, 5.41) is 2.90. The van der Waals surface area contributed by atoms with E-state index < -0.39 is 23.6 Å². The van der Waals surface area contributed by atoms with Gasteiger partial charge in [0.05, 0.1) is 6.42 Å². The summed E-state index contributed by atoms with van der Waals surface area (Å²) in [6.07, 6.45) is -0.332. The Balaban J connectivity index is 2.29. The average molecular weight is 423 g/mol. The minimum absolute atomic E-state index is 0.0486.